The van der Waals surface area contributed by atoms with Gasteiger partial charge in [-0.05, 0) is 30.3 Å². The molecule has 26 heavy (non-hydrogen) atoms. The number of ether oxygens (including phenoxy) is 5. The minimum Gasteiger partial charge on any atom is -0.493 e. The summed E-state index contributed by atoms with van der Waals surface area (Å²) in [6, 6.07) is 10.3. The zero-order valence-electron chi connectivity index (χ0n) is 15.3. The maximum absolute atomic E-state index is 12.2. The first-order valence-electron chi connectivity index (χ1n) is 7.98. The number of methoxy groups -OCH3 is 4. The van der Waals surface area contributed by atoms with Gasteiger partial charge in [-0.15, -0.1) is 0 Å². The fraction of sp³-hybridized carbons (Fsp3) is 0.316. The van der Waals surface area contributed by atoms with Crippen LogP contribution < -0.4 is 29.0 Å². The van der Waals surface area contributed by atoms with E-state index in [2.05, 4.69) is 5.32 Å². The van der Waals surface area contributed by atoms with Gasteiger partial charge in [0.2, 0.25) is 5.75 Å². The third-order valence-electron chi connectivity index (χ3n) is 3.66. The second kappa shape index (κ2) is 9.41. The molecule has 0 saturated carbocycles. The van der Waals surface area contributed by atoms with Crippen molar-refractivity contribution in [2.24, 2.45) is 0 Å². The molecule has 0 fully saturated rings. The Morgan fingerprint density at radius 3 is 2.19 bits per heavy atom. The van der Waals surface area contributed by atoms with Gasteiger partial charge in [-0.1, -0.05) is 6.07 Å². The highest BCUT2D eigenvalue weighted by molar-refractivity contribution is 5.94. The van der Waals surface area contributed by atoms with Crippen molar-refractivity contribution in [1.82, 2.24) is 5.32 Å². The van der Waals surface area contributed by atoms with E-state index in [0.717, 1.165) is 0 Å². The van der Waals surface area contributed by atoms with Gasteiger partial charge in [0.25, 0.3) is 5.91 Å². The molecule has 2 aromatic rings. The molecule has 7 nitrogen and oxygen atoms in total. The van der Waals surface area contributed by atoms with Crippen LogP contribution in [-0.2, 0) is 0 Å². The molecule has 0 aliphatic carbocycles. The highest BCUT2D eigenvalue weighted by Crippen LogP contribution is 2.36. The summed E-state index contributed by atoms with van der Waals surface area (Å²) in [5.74, 6) is 2.48. The normalized spacial score (nSPS) is 10.0. The van der Waals surface area contributed by atoms with Crippen molar-refractivity contribution in [3.05, 3.63) is 42.0 Å². The van der Waals surface area contributed by atoms with Crippen LogP contribution in [0.4, 0.5) is 0 Å². The van der Waals surface area contributed by atoms with Crippen LogP contribution in [0.2, 0.25) is 0 Å². The summed E-state index contributed by atoms with van der Waals surface area (Å²) in [6.07, 6.45) is 0. The number of para-hydroxylation sites is 1. The molecule has 0 radical (unpaired) electrons. The second-order valence-electron chi connectivity index (χ2n) is 5.17. The fourth-order valence-electron chi connectivity index (χ4n) is 2.38. The zero-order chi connectivity index (χ0) is 18.9. The Morgan fingerprint density at radius 1 is 0.846 bits per heavy atom. The smallest absolute Gasteiger partial charge is 0.251 e. The Morgan fingerprint density at radius 2 is 1.54 bits per heavy atom. The molecular formula is C19H23NO6. The Kier molecular flexibility index (Phi) is 6.96. The molecule has 0 heterocycles. The van der Waals surface area contributed by atoms with Gasteiger partial charge < -0.3 is 29.0 Å². The fourth-order valence-corrected chi connectivity index (χ4v) is 2.38. The van der Waals surface area contributed by atoms with Crippen molar-refractivity contribution in [3.63, 3.8) is 0 Å². The number of hydrogen-bond acceptors (Lipinski definition) is 6. The largest absolute Gasteiger partial charge is 0.493 e. The Labute approximate surface area is 152 Å². The summed E-state index contributed by atoms with van der Waals surface area (Å²) in [7, 11) is 6.17. The van der Waals surface area contributed by atoms with E-state index in [9.17, 15) is 4.79 Å². The summed E-state index contributed by atoms with van der Waals surface area (Å²) >= 11 is 0. The number of benzene rings is 2. The van der Waals surface area contributed by atoms with Crippen LogP contribution in [0.1, 0.15) is 10.4 Å². The van der Waals surface area contributed by atoms with Crippen LogP contribution in [0, 0.1) is 0 Å². The van der Waals surface area contributed by atoms with Crippen LogP contribution in [0.3, 0.4) is 0 Å². The van der Waals surface area contributed by atoms with Crippen molar-refractivity contribution in [2.75, 3.05) is 41.6 Å². The lowest BCUT2D eigenvalue weighted by Crippen LogP contribution is -2.28. The maximum atomic E-state index is 12.2. The first-order valence-corrected chi connectivity index (χ1v) is 7.98. The number of rotatable bonds is 9. The predicted molar refractivity (Wildman–Crippen MR) is 96.9 cm³/mol. The monoisotopic (exact) mass is 361 g/mol. The Balaban J connectivity index is 1.91. The summed E-state index contributed by atoms with van der Waals surface area (Å²) in [4.78, 5) is 12.2. The van der Waals surface area contributed by atoms with Crippen molar-refractivity contribution < 1.29 is 28.5 Å². The number of amides is 1. The van der Waals surface area contributed by atoms with E-state index in [1.807, 2.05) is 0 Å². The maximum Gasteiger partial charge on any atom is 0.251 e. The highest BCUT2D eigenvalue weighted by Gasteiger charge is 2.12. The van der Waals surface area contributed by atoms with Crippen molar-refractivity contribution in [2.45, 2.75) is 0 Å². The number of hydrogen-bond donors (Lipinski definition) is 1. The van der Waals surface area contributed by atoms with Crippen molar-refractivity contribution in [1.29, 1.82) is 0 Å². The van der Waals surface area contributed by atoms with Gasteiger partial charge in [-0.3, -0.25) is 4.79 Å². The lowest BCUT2D eigenvalue weighted by molar-refractivity contribution is 0.0946. The molecule has 1 amide bonds. The van der Waals surface area contributed by atoms with E-state index in [4.69, 9.17) is 23.7 Å². The quantitative estimate of drug-likeness (QED) is 0.692. The van der Waals surface area contributed by atoms with Crippen LogP contribution in [-0.4, -0.2) is 47.5 Å². The average Bonchev–Trinajstić information content (AvgIpc) is 2.69. The van der Waals surface area contributed by atoms with Gasteiger partial charge in [-0.2, -0.15) is 0 Å². The highest BCUT2D eigenvalue weighted by atomic mass is 16.5. The minimum absolute atomic E-state index is 0.229. The summed E-state index contributed by atoms with van der Waals surface area (Å²) in [6.45, 7) is 0.607. The molecule has 0 aromatic heterocycles. The summed E-state index contributed by atoms with van der Waals surface area (Å²) in [5.41, 5.74) is 0.474. The van der Waals surface area contributed by atoms with Crippen LogP contribution in [0.5, 0.6) is 28.7 Å². The molecule has 2 aromatic carbocycles. The standard InChI is InChI=1S/C19H23NO6/c1-22-14-9-8-13(12-17(14)24-3)19(21)20-10-11-26-16-7-5-6-15(23-2)18(16)25-4/h5-9,12H,10-11H2,1-4H3,(H,20,21). The molecule has 0 aliphatic rings. The number of carbonyl (C=O) groups excluding carboxylic acids is 1. The topological polar surface area (TPSA) is 75.3 Å². The SMILES string of the molecule is COc1ccc(C(=O)NCCOc2cccc(OC)c2OC)cc1OC. The van der Waals surface area contributed by atoms with Gasteiger partial charge in [0.05, 0.1) is 35.0 Å². The second-order valence-corrected chi connectivity index (χ2v) is 5.17. The third kappa shape index (κ3) is 4.50. The molecule has 0 unspecified atom stereocenters. The zero-order valence-corrected chi connectivity index (χ0v) is 15.3. The molecule has 7 heteroatoms. The number of carbonyl (C=O) groups is 1. The minimum atomic E-state index is -0.229. The molecular weight excluding hydrogens is 338 g/mol. The molecule has 2 rings (SSSR count). The molecule has 0 bridgehead atoms. The van der Waals surface area contributed by atoms with Crippen molar-refractivity contribution in [3.8, 4) is 28.7 Å². The molecule has 0 atom stereocenters. The number of nitrogens with one attached hydrogen (secondary N) is 1. The van der Waals surface area contributed by atoms with Gasteiger partial charge in [0.15, 0.2) is 23.0 Å². The summed E-state index contributed by atoms with van der Waals surface area (Å²) in [5, 5.41) is 2.79. The van der Waals surface area contributed by atoms with Gasteiger partial charge in [-0.25, -0.2) is 0 Å². The van der Waals surface area contributed by atoms with Gasteiger partial charge in [0.1, 0.15) is 6.61 Å². The van der Waals surface area contributed by atoms with E-state index in [0.29, 0.717) is 40.9 Å². The van der Waals surface area contributed by atoms with Crippen molar-refractivity contribution >= 4 is 5.91 Å². The van der Waals surface area contributed by atoms with Crippen LogP contribution >= 0.6 is 0 Å². The molecule has 1 N–H and O–H groups in total. The van der Waals surface area contributed by atoms with E-state index >= 15 is 0 Å². The lowest BCUT2D eigenvalue weighted by atomic mass is 10.2. The molecule has 0 spiro atoms. The van der Waals surface area contributed by atoms with E-state index in [-0.39, 0.29) is 12.5 Å². The Hall–Kier alpha value is -3.09. The Bertz CT molecular complexity index is 747. The average molecular weight is 361 g/mol. The first kappa shape index (κ1) is 19.2. The van der Waals surface area contributed by atoms with E-state index in [1.165, 1.54) is 7.11 Å². The molecule has 0 aliphatic heterocycles. The van der Waals surface area contributed by atoms with E-state index < -0.39 is 0 Å². The third-order valence-corrected chi connectivity index (χ3v) is 3.66. The molecule has 140 valence electrons. The lowest BCUT2D eigenvalue weighted by Gasteiger charge is -2.14. The summed E-state index contributed by atoms with van der Waals surface area (Å²) < 4.78 is 26.6. The molecule has 0 saturated heterocycles. The predicted octanol–water partition coefficient (Wildman–Crippen LogP) is 2.53. The van der Waals surface area contributed by atoms with Gasteiger partial charge in [0, 0.05) is 5.56 Å². The van der Waals surface area contributed by atoms with Crippen LogP contribution in [0.15, 0.2) is 36.4 Å². The van der Waals surface area contributed by atoms with Gasteiger partial charge >= 0.3 is 0 Å². The van der Waals surface area contributed by atoms with E-state index in [1.54, 1.807) is 57.7 Å². The van der Waals surface area contributed by atoms with Crippen LogP contribution in [0.25, 0.3) is 0 Å². The first-order chi connectivity index (χ1) is 12.6.